The molecule has 24 heavy (non-hydrogen) atoms. The molecule has 1 N–H and O–H groups in total. The van der Waals surface area contributed by atoms with E-state index < -0.39 is 12.0 Å². The van der Waals surface area contributed by atoms with Gasteiger partial charge < -0.3 is 14.9 Å². The summed E-state index contributed by atoms with van der Waals surface area (Å²) in [6, 6.07) is 17.6. The van der Waals surface area contributed by atoms with E-state index in [2.05, 4.69) is 0 Å². The highest BCUT2D eigenvalue weighted by molar-refractivity contribution is 5.87. The van der Waals surface area contributed by atoms with Gasteiger partial charge in [0.1, 0.15) is 0 Å². The minimum atomic E-state index is -0.970. The third kappa shape index (κ3) is 3.11. The van der Waals surface area contributed by atoms with Gasteiger partial charge in [0.25, 0.3) is 0 Å². The summed E-state index contributed by atoms with van der Waals surface area (Å²) < 4.78 is 0. The molecule has 2 atom stereocenters. The quantitative estimate of drug-likeness (QED) is 0.920. The number of hydrogen-bond acceptors (Lipinski definition) is 2. The molecular weight excluding hydrogens is 304 g/mol. The van der Waals surface area contributed by atoms with E-state index in [9.17, 15) is 14.7 Å². The SMILES string of the molecule is CC1[C@@H](C(=O)O)N(Cc2ccccc2)C(=O)N1Cc1ccccc1. The Morgan fingerprint density at radius 1 is 0.917 bits per heavy atom. The van der Waals surface area contributed by atoms with Crippen molar-refractivity contribution < 1.29 is 14.7 Å². The number of carboxylic acids is 1. The molecule has 2 amide bonds. The Labute approximate surface area is 141 Å². The molecule has 1 heterocycles. The number of benzene rings is 2. The Bertz CT molecular complexity index is 718. The summed E-state index contributed by atoms with van der Waals surface area (Å²) in [6.45, 7) is 2.51. The molecule has 0 radical (unpaired) electrons. The van der Waals surface area contributed by atoms with Crippen LogP contribution in [0.5, 0.6) is 0 Å². The standard InChI is InChI=1S/C19H20N2O3/c1-14-17(18(22)23)21(13-16-10-6-3-7-11-16)19(24)20(14)12-15-8-4-2-5-9-15/h2-11,14,17H,12-13H2,1H3,(H,22,23)/t14?,17-/m0/s1. The molecule has 1 aliphatic rings. The summed E-state index contributed by atoms with van der Waals surface area (Å²) in [6.07, 6.45) is 0. The van der Waals surface area contributed by atoms with E-state index in [-0.39, 0.29) is 12.1 Å². The maximum absolute atomic E-state index is 12.8. The van der Waals surface area contributed by atoms with Gasteiger partial charge in [0, 0.05) is 13.1 Å². The van der Waals surface area contributed by atoms with E-state index in [1.165, 1.54) is 4.90 Å². The number of aliphatic carboxylic acids is 1. The minimum Gasteiger partial charge on any atom is -0.480 e. The molecule has 0 bridgehead atoms. The molecule has 1 unspecified atom stereocenters. The fourth-order valence-electron chi connectivity index (χ4n) is 3.17. The first-order valence-corrected chi connectivity index (χ1v) is 7.96. The average Bonchev–Trinajstić information content (AvgIpc) is 2.81. The fraction of sp³-hybridized carbons (Fsp3) is 0.263. The molecular formula is C19H20N2O3. The summed E-state index contributed by atoms with van der Waals surface area (Å²) in [5, 5.41) is 9.61. The van der Waals surface area contributed by atoms with Crippen LogP contribution in [0.1, 0.15) is 18.1 Å². The molecule has 3 rings (SSSR count). The average molecular weight is 324 g/mol. The Hall–Kier alpha value is -2.82. The van der Waals surface area contributed by atoms with E-state index in [0.29, 0.717) is 13.1 Å². The number of carbonyl (C=O) groups is 2. The number of carbonyl (C=O) groups excluding carboxylic acids is 1. The molecule has 2 aromatic carbocycles. The first-order chi connectivity index (χ1) is 11.6. The molecule has 2 aromatic rings. The van der Waals surface area contributed by atoms with Crippen molar-refractivity contribution in [3.05, 3.63) is 71.8 Å². The molecule has 0 saturated carbocycles. The van der Waals surface area contributed by atoms with Crippen LogP contribution in [0.15, 0.2) is 60.7 Å². The second kappa shape index (κ2) is 6.74. The topological polar surface area (TPSA) is 60.9 Å². The van der Waals surface area contributed by atoms with E-state index in [1.54, 1.807) is 11.8 Å². The van der Waals surface area contributed by atoms with Crippen LogP contribution in [-0.4, -0.2) is 39.0 Å². The Kier molecular flexibility index (Phi) is 4.51. The lowest BCUT2D eigenvalue weighted by Gasteiger charge is -2.21. The van der Waals surface area contributed by atoms with E-state index in [1.807, 2.05) is 60.7 Å². The predicted octanol–water partition coefficient (Wildman–Crippen LogP) is 2.97. The zero-order valence-electron chi connectivity index (χ0n) is 13.5. The van der Waals surface area contributed by atoms with Crippen molar-refractivity contribution in [3.63, 3.8) is 0 Å². The normalized spacial score (nSPS) is 20.5. The van der Waals surface area contributed by atoms with E-state index >= 15 is 0 Å². The van der Waals surface area contributed by atoms with Gasteiger partial charge in [0.2, 0.25) is 0 Å². The molecule has 0 aliphatic carbocycles. The summed E-state index contributed by atoms with van der Waals surface area (Å²) in [7, 11) is 0. The fourth-order valence-corrected chi connectivity index (χ4v) is 3.17. The zero-order chi connectivity index (χ0) is 17.1. The lowest BCUT2D eigenvalue weighted by Crippen LogP contribution is -2.41. The van der Waals surface area contributed by atoms with Gasteiger partial charge in [-0.2, -0.15) is 0 Å². The lowest BCUT2D eigenvalue weighted by atomic mass is 10.1. The van der Waals surface area contributed by atoms with Crippen LogP contribution >= 0.6 is 0 Å². The monoisotopic (exact) mass is 324 g/mol. The van der Waals surface area contributed by atoms with Crippen molar-refractivity contribution in [2.45, 2.75) is 32.1 Å². The van der Waals surface area contributed by atoms with Crippen molar-refractivity contribution in [3.8, 4) is 0 Å². The minimum absolute atomic E-state index is 0.234. The molecule has 0 aromatic heterocycles. The molecule has 1 aliphatic heterocycles. The molecule has 5 nitrogen and oxygen atoms in total. The zero-order valence-corrected chi connectivity index (χ0v) is 13.5. The summed E-state index contributed by atoms with van der Waals surface area (Å²) in [5.41, 5.74) is 1.91. The molecule has 124 valence electrons. The van der Waals surface area contributed by atoms with Gasteiger partial charge in [-0.1, -0.05) is 60.7 Å². The van der Waals surface area contributed by atoms with Crippen molar-refractivity contribution in [2.24, 2.45) is 0 Å². The molecule has 5 heteroatoms. The van der Waals surface area contributed by atoms with Crippen molar-refractivity contribution >= 4 is 12.0 Å². The number of rotatable bonds is 5. The van der Waals surface area contributed by atoms with Crippen molar-refractivity contribution in [1.82, 2.24) is 9.80 Å². The number of nitrogens with zero attached hydrogens (tertiary/aromatic N) is 2. The van der Waals surface area contributed by atoms with Crippen LogP contribution in [0.3, 0.4) is 0 Å². The smallest absolute Gasteiger partial charge is 0.328 e. The first kappa shape index (κ1) is 16.1. The third-order valence-electron chi connectivity index (χ3n) is 4.42. The van der Waals surface area contributed by atoms with Crippen molar-refractivity contribution in [2.75, 3.05) is 0 Å². The van der Waals surface area contributed by atoms with Crippen LogP contribution in [-0.2, 0) is 17.9 Å². The van der Waals surface area contributed by atoms with Gasteiger partial charge in [0.05, 0.1) is 6.04 Å². The highest BCUT2D eigenvalue weighted by Crippen LogP contribution is 2.27. The summed E-state index contributed by atoms with van der Waals surface area (Å²) in [4.78, 5) is 27.6. The molecule has 1 fully saturated rings. The summed E-state index contributed by atoms with van der Waals surface area (Å²) in [5.74, 6) is -0.970. The summed E-state index contributed by atoms with van der Waals surface area (Å²) >= 11 is 0. The van der Waals surface area contributed by atoms with Crippen LogP contribution in [0, 0.1) is 0 Å². The lowest BCUT2D eigenvalue weighted by molar-refractivity contribution is -0.142. The third-order valence-corrected chi connectivity index (χ3v) is 4.42. The first-order valence-electron chi connectivity index (χ1n) is 7.96. The maximum Gasteiger partial charge on any atom is 0.328 e. The van der Waals surface area contributed by atoms with E-state index in [0.717, 1.165) is 11.1 Å². The Balaban J connectivity index is 1.85. The Morgan fingerprint density at radius 2 is 1.38 bits per heavy atom. The highest BCUT2D eigenvalue weighted by Gasteiger charge is 2.47. The number of carboxylic acid groups (broad SMARTS) is 1. The molecule has 0 spiro atoms. The van der Waals surface area contributed by atoms with Crippen LogP contribution < -0.4 is 0 Å². The van der Waals surface area contributed by atoms with Gasteiger partial charge in [-0.15, -0.1) is 0 Å². The van der Waals surface area contributed by atoms with E-state index in [4.69, 9.17) is 0 Å². The number of urea groups is 1. The maximum atomic E-state index is 12.8. The number of amides is 2. The second-order valence-corrected chi connectivity index (χ2v) is 6.03. The van der Waals surface area contributed by atoms with Gasteiger partial charge in [-0.25, -0.2) is 9.59 Å². The highest BCUT2D eigenvalue weighted by atomic mass is 16.4. The van der Waals surface area contributed by atoms with Gasteiger partial charge >= 0.3 is 12.0 Å². The van der Waals surface area contributed by atoms with Gasteiger partial charge in [-0.3, -0.25) is 0 Å². The van der Waals surface area contributed by atoms with Crippen molar-refractivity contribution in [1.29, 1.82) is 0 Å². The Morgan fingerprint density at radius 3 is 1.83 bits per heavy atom. The largest absolute Gasteiger partial charge is 0.480 e. The van der Waals surface area contributed by atoms with Gasteiger partial charge in [-0.05, 0) is 18.1 Å². The second-order valence-electron chi connectivity index (χ2n) is 6.03. The number of hydrogen-bond donors (Lipinski definition) is 1. The van der Waals surface area contributed by atoms with Crippen LogP contribution in [0.25, 0.3) is 0 Å². The molecule has 1 saturated heterocycles. The van der Waals surface area contributed by atoms with Crippen LogP contribution in [0.4, 0.5) is 4.79 Å². The van der Waals surface area contributed by atoms with Gasteiger partial charge in [0.15, 0.2) is 6.04 Å². The predicted molar refractivity (Wildman–Crippen MR) is 90.3 cm³/mol. The van der Waals surface area contributed by atoms with Crippen LogP contribution in [0.2, 0.25) is 0 Å².